The number of aliphatic carboxylic acids is 1. The molecule has 0 bridgehead atoms. The maximum atomic E-state index is 10.5. The predicted octanol–water partition coefficient (Wildman–Crippen LogP) is 3.75. The van der Waals surface area contributed by atoms with Gasteiger partial charge in [-0.3, -0.25) is 4.79 Å². The summed E-state index contributed by atoms with van der Waals surface area (Å²) in [6.45, 7) is 0.636. The Bertz CT molecular complexity index is 644. The summed E-state index contributed by atoms with van der Waals surface area (Å²) in [4.78, 5) is 10.5. The van der Waals surface area contributed by atoms with Crippen LogP contribution in [0.3, 0.4) is 0 Å². The van der Waals surface area contributed by atoms with Crippen molar-refractivity contribution in [3.8, 4) is 5.75 Å². The first-order valence-corrected chi connectivity index (χ1v) is 7.38. The van der Waals surface area contributed by atoms with Gasteiger partial charge < -0.3 is 15.2 Å². The number of hydrogen-bond donors (Lipinski definition) is 2. The van der Waals surface area contributed by atoms with Crippen LogP contribution in [0.15, 0.2) is 42.5 Å². The van der Waals surface area contributed by atoms with Crippen LogP contribution in [0.4, 0.5) is 0 Å². The van der Waals surface area contributed by atoms with E-state index in [0.29, 0.717) is 28.9 Å². The van der Waals surface area contributed by atoms with E-state index in [1.165, 1.54) is 0 Å². The normalized spacial score (nSPS) is 10.5. The molecule has 4 nitrogen and oxygen atoms in total. The summed E-state index contributed by atoms with van der Waals surface area (Å²) in [5.41, 5.74) is 1.80. The molecule has 22 heavy (non-hydrogen) atoms. The number of carboxylic acid groups (broad SMARTS) is 1. The molecule has 0 atom stereocenters. The molecule has 0 spiro atoms. The summed E-state index contributed by atoms with van der Waals surface area (Å²) in [6, 6.07) is 12.7. The molecule has 0 aliphatic rings. The van der Waals surface area contributed by atoms with Gasteiger partial charge in [0.25, 0.3) is 0 Å². The Morgan fingerprint density at radius 1 is 1.09 bits per heavy atom. The number of carbonyl (C=O) groups is 1. The van der Waals surface area contributed by atoms with E-state index in [4.69, 9.17) is 33.0 Å². The standard InChI is InChI=1S/C16H15Cl2NO3/c17-13-3-1-11(2-4-13)10-22-15-6-5-14(18)7-12(15)8-19-9-16(20)21/h1-7,19H,8-10H2,(H,20,21). The Morgan fingerprint density at radius 3 is 2.45 bits per heavy atom. The predicted molar refractivity (Wildman–Crippen MR) is 86.6 cm³/mol. The molecule has 0 heterocycles. The van der Waals surface area contributed by atoms with Crippen LogP contribution in [0, 0.1) is 0 Å². The van der Waals surface area contributed by atoms with Crippen molar-refractivity contribution < 1.29 is 14.6 Å². The van der Waals surface area contributed by atoms with E-state index in [2.05, 4.69) is 5.32 Å². The first kappa shape index (κ1) is 16.6. The maximum absolute atomic E-state index is 10.5. The second-order valence-electron chi connectivity index (χ2n) is 4.66. The lowest BCUT2D eigenvalue weighted by Crippen LogP contribution is -2.22. The van der Waals surface area contributed by atoms with Crippen LogP contribution in [-0.4, -0.2) is 17.6 Å². The average Bonchev–Trinajstić information content (AvgIpc) is 2.48. The summed E-state index contributed by atoms with van der Waals surface area (Å²) >= 11 is 11.8. The van der Waals surface area contributed by atoms with E-state index in [9.17, 15) is 4.79 Å². The van der Waals surface area contributed by atoms with Crippen LogP contribution in [0.25, 0.3) is 0 Å². The van der Waals surface area contributed by atoms with Crippen molar-refractivity contribution >= 4 is 29.2 Å². The lowest BCUT2D eigenvalue weighted by molar-refractivity contribution is -0.136. The third kappa shape index (κ3) is 5.22. The summed E-state index contributed by atoms with van der Waals surface area (Å²) in [5.74, 6) is -0.247. The van der Waals surface area contributed by atoms with Crippen LogP contribution in [-0.2, 0) is 17.9 Å². The number of benzene rings is 2. The second kappa shape index (κ2) is 8.03. The minimum Gasteiger partial charge on any atom is -0.489 e. The van der Waals surface area contributed by atoms with Gasteiger partial charge in [-0.25, -0.2) is 0 Å². The maximum Gasteiger partial charge on any atom is 0.317 e. The van der Waals surface area contributed by atoms with E-state index in [-0.39, 0.29) is 6.54 Å². The molecule has 0 fully saturated rings. The number of nitrogens with one attached hydrogen (secondary N) is 1. The van der Waals surface area contributed by atoms with Crippen molar-refractivity contribution in [3.05, 3.63) is 63.6 Å². The Balaban J connectivity index is 2.02. The molecule has 0 amide bonds. The van der Waals surface area contributed by atoms with Crippen molar-refractivity contribution in [2.24, 2.45) is 0 Å². The Kier molecular flexibility index (Phi) is 6.07. The molecule has 116 valence electrons. The fraction of sp³-hybridized carbons (Fsp3) is 0.188. The van der Waals surface area contributed by atoms with Gasteiger partial charge in [-0.15, -0.1) is 0 Å². The highest BCUT2D eigenvalue weighted by Crippen LogP contribution is 2.24. The van der Waals surface area contributed by atoms with Crippen LogP contribution in [0.1, 0.15) is 11.1 Å². The van der Waals surface area contributed by atoms with Crippen molar-refractivity contribution in [2.75, 3.05) is 6.54 Å². The SMILES string of the molecule is O=C(O)CNCc1cc(Cl)ccc1OCc1ccc(Cl)cc1. The molecular weight excluding hydrogens is 325 g/mol. The molecule has 2 aromatic carbocycles. The number of rotatable bonds is 7. The average molecular weight is 340 g/mol. The Morgan fingerprint density at radius 2 is 1.77 bits per heavy atom. The highest BCUT2D eigenvalue weighted by atomic mass is 35.5. The molecule has 6 heteroatoms. The van der Waals surface area contributed by atoms with Crippen molar-refractivity contribution in [3.63, 3.8) is 0 Å². The van der Waals surface area contributed by atoms with E-state index in [0.717, 1.165) is 11.1 Å². The number of ether oxygens (including phenoxy) is 1. The molecule has 0 saturated heterocycles. The third-order valence-electron chi connectivity index (χ3n) is 2.92. The summed E-state index contributed by atoms with van der Waals surface area (Å²) in [6.07, 6.45) is 0. The quantitative estimate of drug-likeness (QED) is 0.806. The van der Waals surface area contributed by atoms with Crippen molar-refractivity contribution in [1.29, 1.82) is 0 Å². The monoisotopic (exact) mass is 339 g/mol. The van der Waals surface area contributed by atoms with Gasteiger partial charge in [-0.05, 0) is 35.9 Å². The molecule has 0 unspecified atom stereocenters. The highest BCUT2D eigenvalue weighted by molar-refractivity contribution is 6.30. The van der Waals surface area contributed by atoms with Gasteiger partial charge in [0.2, 0.25) is 0 Å². The Labute approximate surface area is 138 Å². The minimum atomic E-state index is -0.911. The fourth-order valence-electron chi connectivity index (χ4n) is 1.87. The zero-order valence-corrected chi connectivity index (χ0v) is 13.2. The van der Waals surface area contributed by atoms with Gasteiger partial charge in [0.1, 0.15) is 12.4 Å². The molecule has 0 aromatic heterocycles. The molecular formula is C16H15Cl2NO3. The van der Waals surface area contributed by atoms with E-state index in [1.807, 2.05) is 12.1 Å². The van der Waals surface area contributed by atoms with Gasteiger partial charge in [-0.1, -0.05) is 35.3 Å². The van der Waals surface area contributed by atoms with Crippen LogP contribution in [0.2, 0.25) is 10.0 Å². The van der Waals surface area contributed by atoms with Crippen LogP contribution in [0.5, 0.6) is 5.75 Å². The van der Waals surface area contributed by atoms with Crippen molar-refractivity contribution in [2.45, 2.75) is 13.2 Å². The van der Waals surface area contributed by atoms with Gasteiger partial charge in [0, 0.05) is 22.2 Å². The summed E-state index contributed by atoms with van der Waals surface area (Å²) < 4.78 is 5.79. The number of hydrogen-bond acceptors (Lipinski definition) is 3. The molecule has 2 N–H and O–H groups in total. The minimum absolute atomic E-state index is 0.122. The third-order valence-corrected chi connectivity index (χ3v) is 3.41. The summed E-state index contributed by atoms with van der Waals surface area (Å²) in [7, 11) is 0. The van der Waals surface area contributed by atoms with Gasteiger partial charge in [0.15, 0.2) is 0 Å². The molecule has 0 radical (unpaired) electrons. The van der Waals surface area contributed by atoms with E-state index in [1.54, 1.807) is 30.3 Å². The van der Waals surface area contributed by atoms with Gasteiger partial charge >= 0.3 is 5.97 Å². The first-order valence-electron chi connectivity index (χ1n) is 6.63. The molecule has 2 rings (SSSR count). The van der Waals surface area contributed by atoms with E-state index >= 15 is 0 Å². The van der Waals surface area contributed by atoms with Crippen molar-refractivity contribution in [1.82, 2.24) is 5.32 Å². The van der Waals surface area contributed by atoms with E-state index < -0.39 is 5.97 Å². The van der Waals surface area contributed by atoms with Crippen LogP contribution < -0.4 is 10.1 Å². The first-order chi connectivity index (χ1) is 10.5. The molecule has 2 aromatic rings. The lowest BCUT2D eigenvalue weighted by atomic mass is 10.2. The topological polar surface area (TPSA) is 58.6 Å². The van der Waals surface area contributed by atoms with Gasteiger partial charge in [-0.2, -0.15) is 0 Å². The molecule has 0 aliphatic heterocycles. The molecule has 0 aliphatic carbocycles. The zero-order valence-electron chi connectivity index (χ0n) is 11.7. The smallest absolute Gasteiger partial charge is 0.317 e. The number of carboxylic acids is 1. The lowest BCUT2D eigenvalue weighted by Gasteiger charge is -2.12. The van der Waals surface area contributed by atoms with Crippen LogP contribution >= 0.6 is 23.2 Å². The summed E-state index contributed by atoms with van der Waals surface area (Å²) in [5, 5.41) is 12.7. The fourth-order valence-corrected chi connectivity index (χ4v) is 2.19. The Hall–Kier alpha value is -1.75. The zero-order chi connectivity index (χ0) is 15.9. The highest BCUT2D eigenvalue weighted by Gasteiger charge is 2.06. The molecule has 0 saturated carbocycles. The van der Waals surface area contributed by atoms with Gasteiger partial charge in [0.05, 0.1) is 6.54 Å². The number of halogens is 2. The second-order valence-corrected chi connectivity index (χ2v) is 5.54. The largest absolute Gasteiger partial charge is 0.489 e.